The molecule has 0 aliphatic carbocycles. The second-order valence-corrected chi connectivity index (χ2v) is 5.64. The van der Waals surface area contributed by atoms with E-state index in [-0.39, 0.29) is 0 Å². The Kier molecular flexibility index (Phi) is 2.76. The SMILES string of the molecule is CC1CC(N2C3CCC2CC(=O)C3)CCO1. The van der Waals surface area contributed by atoms with E-state index in [0.29, 0.717) is 30.0 Å². The van der Waals surface area contributed by atoms with Crippen molar-refractivity contribution in [1.82, 2.24) is 4.90 Å². The molecule has 0 aromatic carbocycles. The van der Waals surface area contributed by atoms with E-state index < -0.39 is 0 Å². The third-order valence-electron chi connectivity index (χ3n) is 4.48. The van der Waals surface area contributed by atoms with Gasteiger partial charge in [-0.05, 0) is 32.6 Å². The van der Waals surface area contributed by atoms with Crippen LogP contribution in [0.5, 0.6) is 0 Å². The van der Waals surface area contributed by atoms with Crippen LogP contribution in [0.25, 0.3) is 0 Å². The largest absolute Gasteiger partial charge is 0.378 e. The quantitative estimate of drug-likeness (QED) is 0.678. The highest BCUT2D eigenvalue weighted by molar-refractivity contribution is 5.81. The molecule has 3 heteroatoms. The van der Waals surface area contributed by atoms with Crippen molar-refractivity contribution in [3.8, 4) is 0 Å². The van der Waals surface area contributed by atoms with Gasteiger partial charge in [0.2, 0.25) is 0 Å². The van der Waals surface area contributed by atoms with Crippen molar-refractivity contribution in [2.24, 2.45) is 0 Å². The van der Waals surface area contributed by atoms with Crippen LogP contribution in [0, 0.1) is 0 Å². The third kappa shape index (κ3) is 1.80. The zero-order valence-electron chi connectivity index (χ0n) is 10.0. The van der Waals surface area contributed by atoms with Gasteiger partial charge in [0, 0.05) is 37.6 Å². The molecular weight excluding hydrogens is 202 g/mol. The number of hydrogen-bond donors (Lipinski definition) is 0. The summed E-state index contributed by atoms with van der Waals surface area (Å²) in [4.78, 5) is 14.2. The van der Waals surface area contributed by atoms with Crippen molar-refractivity contribution in [3.63, 3.8) is 0 Å². The minimum absolute atomic E-state index is 0.399. The smallest absolute Gasteiger partial charge is 0.136 e. The first-order valence-corrected chi connectivity index (χ1v) is 6.65. The van der Waals surface area contributed by atoms with Gasteiger partial charge in [0.05, 0.1) is 6.10 Å². The summed E-state index contributed by atoms with van der Waals surface area (Å²) in [6.45, 7) is 3.07. The molecule has 16 heavy (non-hydrogen) atoms. The molecule has 3 aliphatic heterocycles. The molecule has 4 unspecified atom stereocenters. The van der Waals surface area contributed by atoms with Gasteiger partial charge in [0.1, 0.15) is 5.78 Å². The minimum atomic E-state index is 0.399. The van der Waals surface area contributed by atoms with Gasteiger partial charge in [-0.2, -0.15) is 0 Å². The normalized spacial score (nSPS) is 44.9. The van der Waals surface area contributed by atoms with Gasteiger partial charge in [0.25, 0.3) is 0 Å². The summed E-state index contributed by atoms with van der Waals surface area (Å²) in [6.07, 6.45) is 6.80. The van der Waals surface area contributed by atoms with Gasteiger partial charge in [-0.3, -0.25) is 9.69 Å². The Labute approximate surface area is 97.1 Å². The van der Waals surface area contributed by atoms with E-state index in [0.717, 1.165) is 32.3 Å². The summed E-state index contributed by atoms with van der Waals surface area (Å²) >= 11 is 0. The number of piperidine rings is 1. The Bertz CT molecular complexity index is 276. The van der Waals surface area contributed by atoms with E-state index in [1.54, 1.807) is 0 Å². The van der Waals surface area contributed by atoms with Crippen molar-refractivity contribution in [2.75, 3.05) is 6.61 Å². The Balaban J connectivity index is 1.72. The molecule has 3 fully saturated rings. The number of rotatable bonds is 1. The highest BCUT2D eigenvalue weighted by Crippen LogP contribution is 2.38. The number of fused-ring (bicyclic) bond motifs is 2. The first-order chi connectivity index (χ1) is 7.74. The van der Waals surface area contributed by atoms with Crippen LogP contribution in [-0.4, -0.2) is 41.5 Å². The summed E-state index contributed by atoms with van der Waals surface area (Å²) in [5.74, 6) is 0.490. The van der Waals surface area contributed by atoms with Crippen molar-refractivity contribution in [2.45, 2.75) is 69.7 Å². The fraction of sp³-hybridized carbons (Fsp3) is 0.923. The molecule has 3 heterocycles. The lowest BCUT2D eigenvalue weighted by molar-refractivity contribution is -0.125. The molecule has 0 radical (unpaired) electrons. The Morgan fingerprint density at radius 2 is 1.81 bits per heavy atom. The number of ketones is 1. The number of nitrogens with zero attached hydrogens (tertiary/aromatic N) is 1. The molecule has 0 amide bonds. The summed E-state index contributed by atoms with van der Waals surface area (Å²) in [5, 5.41) is 0. The zero-order chi connectivity index (χ0) is 11.1. The Morgan fingerprint density at radius 3 is 2.44 bits per heavy atom. The average Bonchev–Trinajstić information content (AvgIpc) is 2.51. The van der Waals surface area contributed by atoms with Crippen LogP contribution in [0.3, 0.4) is 0 Å². The summed E-state index contributed by atoms with van der Waals surface area (Å²) < 4.78 is 5.62. The Hall–Kier alpha value is -0.410. The monoisotopic (exact) mass is 223 g/mol. The van der Waals surface area contributed by atoms with Gasteiger partial charge in [0.15, 0.2) is 0 Å². The predicted molar refractivity (Wildman–Crippen MR) is 61.3 cm³/mol. The summed E-state index contributed by atoms with van der Waals surface area (Å²) in [6, 6.07) is 1.79. The lowest BCUT2D eigenvalue weighted by Crippen LogP contribution is -2.51. The van der Waals surface area contributed by atoms with Crippen molar-refractivity contribution in [3.05, 3.63) is 0 Å². The second kappa shape index (κ2) is 4.11. The van der Waals surface area contributed by atoms with Gasteiger partial charge in [-0.1, -0.05) is 0 Å². The first kappa shape index (κ1) is 10.7. The van der Waals surface area contributed by atoms with E-state index in [4.69, 9.17) is 4.74 Å². The maximum Gasteiger partial charge on any atom is 0.136 e. The van der Waals surface area contributed by atoms with Gasteiger partial charge in [-0.25, -0.2) is 0 Å². The van der Waals surface area contributed by atoms with E-state index in [9.17, 15) is 4.79 Å². The van der Waals surface area contributed by atoms with Crippen LogP contribution in [0.15, 0.2) is 0 Å². The number of carbonyl (C=O) groups is 1. The fourth-order valence-corrected chi connectivity index (χ4v) is 3.85. The van der Waals surface area contributed by atoms with Gasteiger partial charge in [-0.15, -0.1) is 0 Å². The lowest BCUT2D eigenvalue weighted by atomic mass is 9.94. The third-order valence-corrected chi connectivity index (χ3v) is 4.48. The number of Topliss-reactive ketones (excluding diaryl/α,β-unsaturated/α-hetero) is 1. The summed E-state index contributed by atoms with van der Waals surface area (Å²) in [5.41, 5.74) is 0. The Morgan fingerprint density at radius 1 is 1.12 bits per heavy atom. The molecule has 2 bridgehead atoms. The molecule has 0 aromatic heterocycles. The van der Waals surface area contributed by atoms with Crippen molar-refractivity contribution >= 4 is 5.78 Å². The topological polar surface area (TPSA) is 29.5 Å². The van der Waals surface area contributed by atoms with Crippen LogP contribution >= 0.6 is 0 Å². The predicted octanol–water partition coefficient (Wildman–Crippen LogP) is 1.75. The van der Waals surface area contributed by atoms with Crippen molar-refractivity contribution < 1.29 is 9.53 Å². The van der Waals surface area contributed by atoms with Crippen molar-refractivity contribution in [1.29, 1.82) is 0 Å². The average molecular weight is 223 g/mol. The maximum atomic E-state index is 11.6. The highest BCUT2D eigenvalue weighted by Gasteiger charge is 2.44. The molecule has 0 N–H and O–H groups in total. The zero-order valence-corrected chi connectivity index (χ0v) is 10.0. The van der Waals surface area contributed by atoms with Crippen LogP contribution < -0.4 is 0 Å². The van der Waals surface area contributed by atoms with E-state index >= 15 is 0 Å². The molecule has 4 atom stereocenters. The lowest BCUT2D eigenvalue weighted by Gasteiger charge is -2.43. The molecule has 0 spiro atoms. The second-order valence-electron chi connectivity index (χ2n) is 5.64. The minimum Gasteiger partial charge on any atom is -0.378 e. The molecular formula is C13H21NO2. The highest BCUT2D eigenvalue weighted by atomic mass is 16.5. The van der Waals surface area contributed by atoms with E-state index in [2.05, 4.69) is 11.8 Å². The number of carbonyl (C=O) groups excluding carboxylic acids is 1. The molecule has 3 aliphatic rings. The first-order valence-electron chi connectivity index (χ1n) is 6.65. The van der Waals surface area contributed by atoms with E-state index in [1.165, 1.54) is 12.8 Å². The summed E-state index contributed by atoms with van der Waals surface area (Å²) in [7, 11) is 0. The molecule has 0 aromatic rings. The van der Waals surface area contributed by atoms with Crippen LogP contribution in [-0.2, 0) is 9.53 Å². The number of hydrogen-bond acceptors (Lipinski definition) is 3. The molecule has 3 rings (SSSR count). The van der Waals surface area contributed by atoms with Crippen LogP contribution in [0.2, 0.25) is 0 Å². The fourth-order valence-electron chi connectivity index (χ4n) is 3.85. The molecule has 3 saturated heterocycles. The van der Waals surface area contributed by atoms with E-state index in [1.807, 2.05) is 0 Å². The molecule has 3 nitrogen and oxygen atoms in total. The number of ether oxygens (including phenoxy) is 1. The molecule has 0 saturated carbocycles. The van der Waals surface area contributed by atoms with Crippen LogP contribution in [0.1, 0.15) is 45.4 Å². The van der Waals surface area contributed by atoms with Gasteiger partial charge < -0.3 is 4.74 Å². The maximum absolute atomic E-state index is 11.6. The van der Waals surface area contributed by atoms with Gasteiger partial charge >= 0.3 is 0 Å². The molecule has 90 valence electrons. The van der Waals surface area contributed by atoms with Crippen LogP contribution in [0.4, 0.5) is 0 Å². The standard InChI is InChI=1S/C13H21NO2/c1-9-6-12(4-5-16-9)14-10-2-3-11(14)8-13(15)7-10/h9-12H,2-8H2,1H3.